The van der Waals surface area contributed by atoms with Gasteiger partial charge in [-0.2, -0.15) is 0 Å². The van der Waals surface area contributed by atoms with Crippen molar-refractivity contribution in [1.29, 1.82) is 0 Å². The second kappa shape index (κ2) is 6.19. The van der Waals surface area contributed by atoms with Gasteiger partial charge >= 0.3 is 0 Å². The number of benzene rings is 2. The monoisotopic (exact) mass is 430 g/mol. The fourth-order valence-corrected chi connectivity index (χ4v) is 3.42. The van der Waals surface area contributed by atoms with Crippen LogP contribution in [-0.2, 0) is 0 Å². The Morgan fingerprint density at radius 2 is 1.39 bits per heavy atom. The van der Waals surface area contributed by atoms with Gasteiger partial charge in [0, 0.05) is 18.6 Å². The minimum Gasteiger partial charge on any atom is -0.112 e. The van der Waals surface area contributed by atoms with Gasteiger partial charge in [-0.05, 0) is 70.1 Å². The van der Waals surface area contributed by atoms with E-state index in [9.17, 15) is 0 Å². The molecule has 0 heterocycles. The second-order valence-electron chi connectivity index (χ2n) is 3.69. The molecule has 1 unspecified atom stereocenters. The maximum atomic E-state index is 6.48. The highest BCUT2D eigenvalue weighted by Gasteiger charge is 2.17. The van der Waals surface area contributed by atoms with Crippen molar-refractivity contribution in [2.24, 2.45) is 0 Å². The Morgan fingerprint density at radius 3 is 2.06 bits per heavy atom. The summed E-state index contributed by atoms with van der Waals surface area (Å²) in [6.07, 6.45) is 0. The molecule has 0 bridgehead atoms. The average molecular weight is 432 g/mol. The lowest BCUT2D eigenvalue weighted by molar-refractivity contribution is 1.13. The maximum absolute atomic E-state index is 6.48. The highest BCUT2D eigenvalue weighted by atomic mass is 127. The van der Waals surface area contributed by atoms with Crippen molar-refractivity contribution in [2.75, 3.05) is 0 Å². The van der Waals surface area contributed by atoms with Crippen LogP contribution < -0.4 is 0 Å². The van der Waals surface area contributed by atoms with Crippen LogP contribution in [0.1, 0.15) is 16.5 Å². The fourth-order valence-electron chi connectivity index (χ4n) is 1.59. The van der Waals surface area contributed by atoms with Crippen molar-refractivity contribution in [3.05, 3.63) is 66.2 Å². The number of hydrogen-bond donors (Lipinski definition) is 0. The van der Waals surface area contributed by atoms with Crippen molar-refractivity contribution in [3.63, 3.8) is 0 Å². The first-order valence-electron chi connectivity index (χ1n) is 5.03. The molecule has 94 valence electrons. The van der Waals surface area contributed by atoms with E-state index in [1.807, 2.05) is 18.2 Å². The zero-order chi connectivity index (χ0) is 13.3. The lowest BCUT2D eigenvalue weighted by atomic mass is 10.0. The SMILES string of the molecule is Clc1ccc(Cl)c(C(Cl)c2cc(Cl)ccc2I)c1. The van der Waals surface area contributed by atoms with Crippen LogP contribution in [0.5, 0.6) is 0 Å². The first kappa shape index (κ1) is 14.7. The Labute approximate surface area is 139 Å². The molecule has 0 aromatic heterocycles. The van der Waals surface area contributed by atoms with E-state index in [2.05, 4.69) is 22.6 Å². The highest BCUT2D eigenvalue weighted by molar-refractivity contribution is 14.1. The Kier molecular flexibility index (Phi) is 5.06. The second-order valence-corrected chi connectivity index (χ2v) is 6.57. The summed E-state index contributed by atoms with van der Waals surface area (Å²) in [5.41, 5.74) is 1.71. The van der Waals surface area contributed by atoms with E-state index in [0.717, 1.165) is 14.7 Å². The first-order valence-corrected chi connectivity index (χ1v) is 7.68. The number of alkyl halides is 1. The molecule has 0 fully saturated rings. The van der Waals surface area contributed by atoms with Gasteiger partial charge < -0.3 is 0 Å². The molecule has 0 nitrogen and oxygen atoms in total. The molecule has 0 aliphatic heterocycles. The molecule has 2 aromatic rings. The third-order valence-electron chi connectivity index (χ3n) is 2.46. The molecule has 0 spiro atoms. The van der Waals surface area contributed by atoms with Gasteiger partial charge in [-0.15, -0.1) is 11.6 Å². The normalized spacial score (nSPS) is 12.5. The van der Waals surface area contributed by atoms with Gasteiger partial charge in [0.05, 0.1) is 5.38 Å². The van der Waals surface area contributed by atoms with Crippen molar-refractivity contribution in [3.8, 4) is 0 Å². The van der Waals surface area contributed by atoms with Crippen LogP contribution in [0.2, 0.25) is 15.1 Å². The number of rotatable bonds is 2. The highest BCUT2D eigenvalue weighted by Crippen LogP contribution is 2.37. The van der Waals surface area contributed by atoms with Gasteiger partial charge in [0.15, 0.2) is 0 Å². The first-order chi connectivity index (χ1) is 8.49. The third-order valence-corrected chi connectivity index (χ3v) is 4.73. The predicted molar refractivity (Wildman–Crippen MR) is 88.3 cm³/mol. The smallest absolute Gasteiger partial charge is 0.0861 e. The molecular weight excluding hydrogens is 425 g/mol. The van der Waals surface area contributed by atoms with E-state index < -0.39 is 0 Å². The van der Waals surface area contributed by atoms with Crippen LogP contribution in [0, 0.1) is 3.57 Å². The van der Waals surface area contributed by atoms with Gasteiger partial charge in [0.2, 0.25) is 0 Å². The minimum atomic E-state index is -0.373. The van der Waals surface area contributed by atoms with Crippen molar-refractivity contribution in [1.82, 2.24) is 0 Å². The van der Waals surface area contributed by atoms with Gasteiger partial charge in [-0.1, -0.05) is 34.8 Å². The van der Waals surface area contributed by atoms with E-state index in [0.29, 0.717) is 15.1 Å². The van der Waals surface area contributed by atoms with Gasteiger partial charge in [0.25, 0.3) is 0 Å². The minimum absolute atomic E-state index is 0.373. The molecular formula is C13H7Cl4I. The molecule has 1 atom stereocenters. The largest absolute Gasteiger partial charge is 0.112 e. The van der Waals surface area contributed by atoms with Gasteiger partial charge in [0.1, 0.15) is 0 Å². The van der Waals surface area contributed by atoms with E-state index in [4.69, 9.17) is 46.4 Å². The summed E-state index contributed by atoms with van der Waals surface area (Å²) in [5, 5.41) is 1.48. The molecule has 0 aliphatic rings. The zero-order valence-corrected chi connectivity index (χ0v) is 14.1. The van der Waals surface area contributed by atoms with Crippen LogP contribution in [0.3, 0.4) is 0 Å². The van der Waals surface area contributed by atoms with Crippen LogP contribution in [0.15, 0.2) is 36.4 Å². The number of halogens is 5. The average Bonchev–Trinajstić information content (AvgIpc) is 2.34. The van der Waals surface area contributed by atoms with E-state index in [1.165, 1.54) is 0 Å². The summed E-state index contributed by atoms with van der Waals surface area (Å²) in [4.78, 5) is 0. The predicted octanol–water partition coefficient (Wildman–Crippen LogP) is 6.58. The van der Waals surface area contributed by atoms with E-state index in [-0.39, 0.29) is 5.38 Å². The zero-order valence-electron chi connectivity index (χ0n) is 8.93. The molecule has 0 radical (unpaired) electrons. The molecule has 2 rings (SSSR count). The van der Waals surface area contributed by atoms with Crippen molar-refractivity contribution < 1.29 is 0 Å². The maximum Gasteiger partial charge on any atom is 0.0861 e. The molecule has 0 amide bonds. The molecule has 0 aliphatic carbocycles. The summed E-state index contributed by atoms with van der Waals surface area (Å²) in [5.74, 6) is 0. The molecule has 2 aromatic carbocycles. The van der Waals surface area contributed by atoms with Crippen LogP contribution in [0.4, 0.5) is 0 Å². The lowest BCUT2D eigenvalue weighted by Gasteiger charge is -2.14. The lowest BCUT2D eigenvalue weighted by Crippen LogP contribution is -1.97. The quantitative estimate of drug-likeness (QED) is 0.372. The summed E-state index contributed by atoms with van der Waals surface area (Å²) in [6, 6.07) is 10.9. The summed E-state index contributed by atoms with van der Waals surface area (Å²) >= 11 is 26.8. The summed E-state index contributed by atoms with van der Waals surface area (Å²) < 4.78 is 1.04. The topological polar surface area (TPSA) is 0 Å². The van der Waals surface area contributed by atoms with Crippen LogP contribution in [0.25, 0.3) is 0 Å². The Balaban J connectivity index is 2.50. The number of hydrogen-bond acceptors (Lipinski definition) is 0. The van der Waals surface area contributed by atoms with E-state index in [1.54, 1.807) is 18.2 Å². The van der Waals surface area contributed by atoms with Gasteiger partial charge in [-0.3, -0.25) is 0 Å². The molecule has 0 saturated carbocycles. The Morgan fingerprint density at radius 1 is 0.833 bits per heavy atom. The van der Waals surface area contributed by atoms with Crippen LogP contribution >= 0.6 is 69.0 Å². The van der Waals surface area contributed by atoms with E-state index >= 15 is 0 Å². The van der Waals surface area contributed by atoms with Crippen molar-refractivity contribution >= 4 is 69.0 Å². The van der Waals surface area contributed by atoms with Crippen LogP contribution in [-0.4, -0.2) is 0 Å². The fraction of sp³-hybridized carbons (Fsp3) is 0.0769. The molecule has 5 heteroatoms. The summed E-state index contributed by atoms with van der Waals surface area (Å²) in [7, 11) is 0. The van der Waals surface area contributed by atoms with Gasteiger partial charge in [-0.25, -0.2) is 0 Å². The Bertz CT molecular complexity index is 532. The van der Waals surface area contributed by atoms with Crippen molar-refractivity contribution in [2.45, 2.75) is 5.38 Å². The molecule has 18 heavy (non-hydrogen) atoms. The summed E-state index contributed by atoms with van der Waals surface area (Å²) in [6.45, 7) is 0. The standard InChI is InChI=1S/C13H7Cl4I/c14-7-1-3-11(16)9(5-7)13(17)10-6-8(15)2-4-12(10)18/h1-6,13H. The molecule has 0 N–H and O–H groups in total. The third kappa shape index (κ3) is 3.26. The molecule has 0 saturated heterocycles. The Hall–Kier alpha value is 0.330.